The van der Waals surface area contributed by atoms with Crippen LogP contribution in [0.5, 0.6) is 0 Å². The Morgan fingerprint density at radius 2 is 1.83 bits per heavy atom. The first-order chi connectivity index (χ1) is 14.4. The number of rotatable bonds is 3. The first-order valence-corrected chi connectivity index (χ1v) is 9.87. The highest BCUT2D eigenvalue weighted by Crippen LogP contribution is 2.34. The van der Waals surface area contributed by atoms with E-state index < -0.39 is 11.6 Å². The molecule has 1 atom stereocenters. The topological polar surface area (TPSA) is 108 Å². The van der Waals surface area contributed by atoms with Gasteiger partial charge in [0, 0.05) is 33.5 Å². The van der Waals surface area contributed by atoms with Crippen LogP contribution in [0.1, 0.15) is 26.0 Å². The summed E-state index contributed by atoms with van der Waals surface area (Å²) in [5.41, 5.74) is 3.37. The number of hydrogen-bond donors (Lipinski definition) is 3. The van der Waals surface area contributed by atoms with E-state index in [1.807, 2.05) is 36.4 Å². The Balaban J connectivity index is 0.00000144. The third kappa shape index (κ3) is 3.01. The minimum Gasteiger partial charge on any atom is -0.325 e. The number of benzene rings is 2. The molecule has 5 amide bonds. The van der Waals surface area contributed by atoms with Gasteiger partial charge in [0.1, 0.15) is 12.1 Å². The van der Waals surface area contributed by atoms with Crippen molar-refractivity contribution in [3.05, 3.63) is 59.2 Å². The number of hydrogen-bond acceptors (Lipinski definition) is 4. The van der Waals surface area contributed by atoms with E-state index in [1.54, 1.807) is 6.07 Å². The van der Waals surface area contributed by atoms with Crippen LogP contribution in [0.4, 0.5) is 16.2 Å². The Labute approximate surface area is 175 Å². The van der Waals surface area contributed by atoms with Crippen molar-refractivity contribution in [2.75, 3.05) is 16.8 Å². The SMILES string of the molecule is O=C(CN1C(=O)CCc2ccccc21)Nc1ccc2c(c1)CC1(C2)NC(=O)NC1=O.[HH].[HH]. The molecule has 2 aromatic carbocycles. The molecule has 2 aromatic rings. The van der Waals surface area contributed by atoms with Gasteiger partial charge >= 0.3 is 6.03 Å². The number of nitrogens with zero attached hydrogens (tertiary/aromatic N) is 1. The van der Waals surface area contributed by atoms with Crippen LogP contribution in [0.3, 0.4) is 0 Å². The zero-order valence-corrected chi connectivity index (χ0v) is 16.2. The third-order valence-electron chi connectivity index (χ3n) is 5.98. The van der Waals surface area contributed by atoms with Crippen molar-refractivity contribution in [3.63, 3.8) is 0 Å². The van der Waals surface area contributed by atoms with Gasteiger partial charge in [-0.3, -0.25) is 19.7 Å². The minimum absolute atomic E-state index is 0. The number of anilines is 2. The van der Waals surface area contributed by atoms with E-state index in [0.717, 1.165) is 22.4 Å². The van der Waals surface area contributed by atoms with E-state index >= 15 is 0 Å². The Morgan fingerprint density at radius 3 is 2.63 bits per heavy atom. The lowest BCUT2D eigenvalue weighted by Crippen LogP contribution is -2.47. The molecule has 156 valence electrons. The second-order valence-electron chi connectivity index (χ2n) is 7.98. The number of nitrogens with one attached hydrogen (secondary N) is 3. The van der Waals surface area contributed by atoms with Crippen LogP contribution in [0.2, 0.25) is 0 Å². The predicted molar refractivity (Wildman–Crippen MR) is 113 cm³/mol. The van der Waals surface area contributed by atoms with Crippen LogP contribution in [0, 0.1) is 0 Å². The molecule has 1 unspecified atom stereocenters. The predicted octanol–water partition coefficient (Wildman–Crippen LogP) is 1.77. The number of amides is 5. The van der Waals surface area contributed by atoms with E-state index in [2.05, 4.69) is 16.0 Å². The number of carbonyl (C=O) groups is 4. The molecule has 2 aliphatic heterocycles. The molecule has 8 heteroatoms. The summed E-state index contributed by atoms with van der Waals surface area (Å²) in [6.07, 6.45) is 1.87. The van der Waals surface area contributed by atoms with Gasteiger partial charge in [0.25, 0.3) is 5.91 Å². The lowest BCUT2D eigenvalue weighted by molar-refractivity contribution is -0.123. The van der Waals surface area contributed by atoms with Crippen molar-refractivity contribution in [1.29, 1.82) is 0 Å². The highest BCUT2D eigenvalue weighted by Gasteiger charge is 2.50. The molecular formula is C22H24N4O4. The lowest BCUT2D eigenvalue weighted by Gasteiger charge is -2.28. The second kappa shape index (κ2) is 6.69. The average Bonchev–Trinajstić information content (AvgIpc) is 3.21. The van der Waals surface area contributed by atoms with Crippen LogP contribution in [-0.2, 0) is 33.6 Å². The molecule has 5 rings (SSSR count). The highest BCUT2D eigenvalue weighted by atomic mass is 16.2. The summed E-state index contributed by atoms with van der Waals surface area (Å²) < 4.78 is 0. The molecule has 1 fully saturated rings. The van der Waals surface area contributed by atoms with Crippen LogP contribution < -0.4 is 20.9 Å². The maximum atomic E-state index is 12.7. The molecule has 0 aromatic heterocycles. The van der Waals surface area contributed by atoms with E-state index in [0.29, 0.717) is 31.4 Å². The Kier molecular flexibility index (Phi) is 4.09. The quantitative estimate of drug-likeness (QED) is 0.673. The fraction of sp³-hybridized carbons (Fsp3) is 0.273. The van der Waals surface area contributed by atoms with E-state index in [1.165, 1.54) is 4.90 Å². The van der Waals surface area contributed by atoms with Gasteiger partial charge in [0.05, 0.1) is 0 Å². The van der Waals surface area contributed by atoms with Gasteiger partial charge in [-0.15, -0.1) is 0 Å². The van der Waals surface area contributed by atoms with Gasteiger partial charge in [-0.25, -0.2) is 4.79 Å². The van der Waals surface area contributed by atoms with Crippen molar-refractivity contribution in [2.45, 2.75) is 31.2 Å². The van der Waals surface area contributed by atoms with Gasteiger partial charge in [0.15, 0.2) is 0 Å². The van der Waals surface area contributed by atoms with Crippen molar-refractivity contribution < 1.29 is 22.0 Å². The first kappa shape index (κ1) is 18.4. The summed E-state index contributed by atoms with van der Waals surface area (Å²) in [5, 5.41) is 7.86. The molecular weight excluding hydrogens is 384 g/mol. The van der Waals surface area contributed by atoms with Crippen LogP contribution >= 0.6 is 0 Å². The average molecular weight is 408 g/mol. The minimum atomic E-state index is -0.939. The van der Waals surface area contributed by atoms with Crippen molar-refractivity contribution >= 4 is 35.1 Å². The first-order valence-electron chi connectivity index (χ1n) is 9.87. The van der Waals surface area contributed by atoms with Gasteiger partial charge in [-0.1, -0.05) is 24.3 Å². The van der Waals surface area contributed by atoms with Crippen LogP contribution in [-0.4, -0.2) is 35.8 Å². The molecule has 3 N–H and O–H groups in total. The van der Waals surface area contributed by atoms with Crippen LogP contribution in [0.15, 0.2) is 42.5 Å². The summed E-state index contributed by atoms with van der Waals surface area (Å²) in [4.78, 5) is 50.3. The fourth-order valence-electron chi connectivity index (χ4n) is 4.54. The monoisotopic (exact) mass is 408 g/mol. The van der Waals surface area contributed by atoms with Crippen LogP contribution in [0.25, 0.3) is 0 Å². The summed E-state index contributed by atoms with van der Waals surface area (Å²) in [7, 11) is 0. The summed E-state index contributed by atoms with van der Waals surface area (Å²) in [6.45, 7) is -0.0602. The van der Waals surface area contributed by atoms with Crippen molar-refractivity contribution in [3.8, 4) is 0 Å². The second-order valence-corrected chi connectivity index (χ2v) is 7.98. The molecule has 0 saturated carbocycles. The van der Waals surface area contributed by atoms with Crippen molar-refractivity contribution in [2.24, 2.45) is 0 Å². The summed E-state index contributed by atoms with van der Waals surface area (Å²) >= 11 is 0. The Bertz CT molecular complexity index is 1120. The zero-order valence-electron chi connectivity index (χ0n) is 16.2. The number of urea groups is 1. The molecule has 2 heterocycles. The number of carbonyl (C=O) groups excluding carboxylic acids is 4. The Hall–Kier alpha value is -3.68. The van der Waals surface area contributed by atoms with E-state index in [9.17, 15) is 19.2 Å². The molecule has 1 aliphatic carbocycles. The standard InChI is InChI=1S/C22H20N4O4.2H2/c27-18(12-26-17-4-2-1-3-13(17)6-8-19(26)28)23-16-7-5-14-10-22(11-15(14)9-16)20(29)24-21(30)25-22;;/h1-5,7,9H,6,8,10-12H2,(H,23,27)(H2,24,25,29,30);2*1H. The van der Waals surface area contributed by atoms with E-state index in [-0.39, 0.29) is 27.1 Å². The number of para-hydroxylation sites is 1. The fourth-order valence-corrected chi connectivity index (χ4v) is 4.54. The van der Waals surface area contributed by atoms with Gasteiger partial charge in [-0.05, 0) is 41.3 Å². The van der Waals surface area contributed by atoms with Crippen molar-refractivity contribution in [1.82, 2.24) is 10.6 Å². The van der Waals surface area contributed by atoms with Gasteiger partial charge < -0.3 is 15.5 Å². The van der Waals surface area contributed by atoms with Gasteiger partial charge in [0.2, 0.25) is 11.8 Å². The number of fused-ring (bicyclic) bond motifs is 2. The maximum Gasteiger partial charge on any atom is 0.322 e. The van der Waals surface area contributed by atoms with E-state index in [4.69, 9.17) is 0 Å². The number of imide groups is 1. The zero-order chi connectivity index (χ0) is 20.9. The summed E-state index contributed by atoms with van der Waals surface area (Å²) in [6, 6.07) is 12.6. The smallest absolute Gasteiger partial charge is 0.322 e. The lowest BCUT2D eigenvalue weighted by atomic mass is 9.96. The molecule has 1 spiro atoms. The molecule has 8 nitrogen and oxygen atoms in total. The normalized spacial score (nSPS) is 21.9. The summed E-state index contributed by atoms with van der Waals surface area (Å²) in [5.74, 6) is -0.682. The largest absolute Gasteiger partial charge is 0.325 e. The highest BCUT2D eigenvalue weighted by molar-refractivity contribution is 6.08. The number of aryl methyl sites for hydroxylation is 1. The molecule has 0 bridgehead atoms. The molecule has 1 saturated heterocycles. The Morgan fingerprint density at radius 1 is 1.03 bits per heavy atom. The molecule has 0 radical (unpaired) electrons. The molecule has 3 aliphatic rings. The molecule has 30 heavy (non-hydrogen) atoms. The van der Waals surface area contributed by atoms with Gasteiger partial charge in [-0.2, -0.15) is 0 Å². The third-order valence-corrected chi connectivity index (χ3v) is 5.98. The maximum absolute atomic E-state index is 12.7.